The van der Waals surface area contributed by atoms with Crippen LogP contribution >= 0.6 is 0 Å². The predicted molar refractivity (Wildman–Crippen MR) is 52.7 cm³/mol. The second kappa shape index (κ2) is 3.13. The van der Waals surface area contributed by atoms with E-state index in [0.29, 0.717) is 17.7 Å². The molecule has 82 valence electrons. The molecule has 5 heteroatoms. The number of amides is 2. The average Bonchev–Trinajstić information content (AvgIpc) is 3.09. The van der Waals surface area contributed by atoms with Crippen LogP contribution in [0.3, 0.4) is 0 Å². The number of ether oxygens (including phenoxy) is 1. The van der Waals surface area contributed by atoms with E-state index in [4.69, 9.17) is 4.74 Å². The summed E-state index contributed by atoms with van der Waals surface area (Å²) in [6.45, 7) is 0.384. The lowest BCUT2D eigenvalue weighted by atomic mass is 10.1. The monoisotopic (exact) mass is 219 g/mol. The van der Waals surface area contributed by atoms with Gasteiger partial charge in [-0.25, -0.2) is 4.90 Å². The Kier molecular flexibility index (Phi) is 1.86. The van der Waals surface area contributed by atoms with E-state index >= 15 is 0 Å². The van der Waals surface area contributed by atoms with Crippen LogP contribution in [0, 0.1) is 0 Å². The molecule has 0 spiro atoms. The molecular weight excluding hydrogens is 210 g/mol. The lowest BCUT2D eigenvalue weighted by Gasteiger charge is -2.18. The fourth-order valence-electron chi connectivity index (χ4n) is 1.84. The maximum Gasteiger partial charge on any atom is 0.263 e. The highest BCUT2D eigenvalue weighted by molar-refractivity contribution is 6.21. The van der Waals surface area contributed by atoms with Crippen LogP contribution in [-0.2, 0) is 4.74 Å². The van der Waals surface area contributed by atoms with Gasteiger partial charge in [0.15, 0.2) is 6.23 Å². The molecule has 2 aliphatic heterocycles. The molecular formula is C11H9NO4. The first-order valence-corrected chi connectivity index (χ1v) is 4.97. The molecule has 2 heterocycles. The van der Waals surface area contributed by atoms with Gasteiger partial charge >= 0.3 is 0 Å². The second-order valence-electron chi connectivity index (χ2n) is 3.81. The molecule has 1 N–H and O–H groups in total. The summed E-state index contributed by atoms with van der Waals surface area (Å²) < 4.78 is 4.88. The lowest BCUT2D eigenvalue weighted by Crippen LogP contribution is -2.43. The van der Waals surface area contributed by atoms with Gasteiger partial charge in [0.2, 0.25) is 0 Å². The highest BCUT2D eigenvalue weighted by Crippen LogP contribution is 2.27. The smallest absolute Gasteiger partial charge is 0.263 e. The van der Waals surface area contributed by atoms with Gasteiger partial charge in [-0.05, 0) is 12.1 Å². The zero-order valence-corrected chi connectivity index (χ0v) is 8.29. The van der Waals surface area contributed by atoms with Crippen LogP contribution in [-0.4, -0.2) is 40.8 Å². The van der Waals surface area contributed by atoms with Crippen molar-refractivity contribution in [2.24, 2.45) is 0 Å². The molecule has 2 unspecified atom stereocenters. The Balaban J connectivity index is 2.00. The molecule has 2 aliphatic rings. The minimum Gasteiger partial charge on any atom is -0.370 e. The fourth-order valence-corrected chi connectivity index (χ4v) is 1.84. The number of imide groups is 1. The van der Waals surface area contributed by atoms with Crippen molar-refractivity contribution in [3.8, 4) is 0 Å². The average molecular weight is 219 g/mol. The number of aliphatic hydroxyl groups excluding tert-OH is 1. The van der Waals surface area contributed by atoms with Crippen LogP contribution in [0.15, 0.2) is 24.3 Å². The van der Waals surface area contributed by atoms with Crippen molar-refractivity contribution >= 4 is 11.8 Å². The van der Waals surface area contributed by atoms with Crippen molar-refractivity contribution in [2.75, 3.05) is 6.61 Å². The van der Waals surface area contributed by atoms with E-state index in [2.05, 4.69) is 0 Å². The first-order valence-electron chi connectivity index (χ1n) is 4.97. The maximum absolute atomic E-state index is 11.9. The molecule has 1 aromatic rings. The van der Waals surface area contributed by atoms with Gasteiger partial charge < -0.3 is 9.84 Å². The van der Waals surface area contributed by atoms with Crippen molar-refractivity contribution in [1.82, 2.24) is 4.90 Å². The van der Waals surface area contributed by atoms with Crippen molar-refractivity contribution in [3.05, 3.63) is 35.4 Å². The molecule has 0 bridgehead atoms. The van der Waals surface area contributed by atoms with Gasteiger partial charge in [-0.1, -0.05) is 12.1 Å². The molecule has 5 nitrogen and oxygen atoms in total. The second-order valence-corrected chi connectivity index (χ2v) is 3.81. The van der Waals surface area contributed by atoms with Crippen LogP contribution in [0.25, 0.3) is 0 Å². The van der Waals surface area contributed by atoms with E-state index in [1.165, 1.54) is 0 Å². The van der Waals surface area contributed by atoms with E-state index in [1.807, 2.05) is 0 Å². The summed E-state index contributed by atoms with van der Waals surface area (Å²) >= 11 is 0. The molecule has 0 saturated carbocycles. The minimum atomic E-state index is -1.17. The third-order valence-corrected chi connectivity index (χ3v) is 2.78. The van der Waals surface area contributed by atoms with Crippen molar-refractivity contribution < 1.29 is 19.4 Å². The first-order chi connectivity index (χ1) is 7.70. The van der Waals surface area contributed by atoms with Gasteiger partial charge in [0, 0.05) is 0 Å². The Bertz CT molecular complexity index is 446. The zero-order valence-electron chi connectivity index (χ0n) is 8.29. The number of epoxide rings is 1. The van der Waals surface area contributed by atoms with Crippen molar-refractivity contribution in [2.45, 2.75) is 12.3 Å². The molecule has 1 fully saturated rings. The lowest BCUT2D eigenvalue weighted by molar-refractivity contribution is 0.00199. The Morgan fingerprint density at radius 1 is 1.25 bits per heavy atom. The third-order valence-electron chi connectivity index (χ3n) is 2.78. The van der Waals surface area contributed by atoms with E-state index < -0.39 is 24.1 Å². The molecule has 0 aliphatic carbocycles. The Morgan fingerprint density at radius 3 is 2.19 bits per heavy atom. The van der Waals surface area contributed by atoms with Crippen LogP contribution in [0.5, 0.6) is 0 Å². The van der Waals surface area contributed by atoms with Gasteiger partial charge in [0.1, 0.15) is 6.10 Å². The largest absolute Gasteiger partial charge is 0.370 e. The van der Waals surface area contributed by atoms with Gasteiger partial charge in [0.25, 0.3) is 11.8 Å². The number of rotatable bonds is 2. The Morgan fingerprint density at radius 2 is 1.75 bits per heavy atom. The number of fused-ring (bicyclic) bond motifs is 1. The molecule has 0 aromatic heterocycles. The summed E-state index contributed by atoms with van der Waals surface area (Å²) in [7, 11) is 0. The number of aliphatic hydroxyl groups is 1. The highest BCUT2D eigenvalue weighted by atomic mass is 16.6. The molecule has 2 atom stereocenters. The van der Waals surface area contributed by atoms with E-state index in [9.17, 15) is 14.7 Å². The van der Waals surface area contributed by atoms with Gasteiger partial charge in [-0.3, -0.25) is 9.59 Å². The van der Waals surface area contributed by atoms with Crippen molar-refractivity contribution in [3.63, 3.8) is 0 Å². The first kappa shape index (κ1) is 9.50. The van der Waals surface area contributed by atoms with Gasteiger partial charge in [-0.15, -0.1) is 0 Å². The number of nitrogens with zero attached hydrogens (tertiary/aromatic N) is 1. The summed E-state index contributed by atoms with van der Waals surface area (Å²) in [5.74, 6) is -0.910. The Hall–Kier alpha value is -1.72. The summed E-state index contributed by atoms with van der Waals surface area (Å²) in [5, 5.41) is 9.76. The molecule has 1 aromatic carbocycles. The number of hydrogen-bond donors (Lipinski definition) is 1. The van der Waals surface area contributed by atoms with Crippen LogP contribution in [0.4, 0.5) is 0 Å². The van der Waals surface area contributed by atoms with Gasteiger partial charge in [-0.2, -0.15) is 0 Å². The van der Waals surface area contributed by atoms with E-state index in [1.54, 1.807) is 24.3 Å². The number of benzene rings is 1. The Labute approximate surface area is 91.2 Å². The van der Waals surface area contributed by atoms with E-state index in [0.717, 1.165) is 4.90 Å². The fraction of sp³-hybridized carbons (Fsp3) is 0.273. The zero-order chi connectivity index (χ0) is 11.3. The predicted octanol–water partition coefficient (Wildman–Crippen LogP) is -0.000200. The summed E-state index contributed by atoms with van der Waals surface area (Å²) in [5.41, 5.74) is 0.680. The SMILES string of the molecule is O=C1c2ccccc2C(=O)N1C(O)C1CO1. The van der Waals surface area contributed by atoms with Crippen molar-refractivity contribution in [1.29, 1.82) is 0 Å². The quantitative estimate of drug-likeness (QED) is 0.561. The molecule has 1 saturated heterocycles. The standard InChI is InChI=1S/C11H9NO4/c13-9-6-3-1-2-4-7(6)10(14)12(9)11(15)8-5-16-8/h1-4,8,11,15H,5H2. The molecule has 3 rings (SSSR count). The number of hydrogen-bond acceptors (Lipinski definition) is 4. The number of carbonyl (C=O) groups excluding carboxylic acids is 2. The van der Waals surface area contributed by atoms with E-state index in [-0.39, 0.29) is 0 Å². The summed E-state index contributed by atoms with van der Waals surface area (Å²) in [4.78, 5) is 24.6. The summed E-state index contributed by atoms with van der Waals surface area (Å²) in [6, 6.07) is 6.53. The van der Waals surface area contributed by atoms with Crippen LogP contribution < -0.4 is 0 Å². The molecule has 16 heavy (non-hydrogen) atoms. The maximum atomic E-state index is 11.9. The molecule has 0 radical (unpaired) electrons. The summed E-state index contributed by atoms with van der Waals surface area (Å²) in [6.07, 6.45) is -1.60. The normalized spacial score (nSPS) is 24.6. The third kappa shape index (κ3) is 1.19. The van der Waals surface area contributed by atoms with Crippen LogP contribution in [0.1, 0.15) is 20.7 Å². The topological polar surface area (TPSA) is 70.1 Å². The minimum absolute atomic E-state index is 0.340. The van der Waals surface area contributed by atoms with Crippen LogP contribution in [0.2, 0.25) is 0 Å². The molecule has 2 amide bonds. The van der Waals surface area contributed by atoms with Gasteiger partial charge in [0.05, 0.1) is 17.7 Å². The highest BCUT2D eigenvalue weighted by Gasteiger charge is 2.45. The number of carbonyl (C=O) groups is 2.